The summed E-state index contributed by atoms with van der Waals surface area (Å²) in [4.78, 5) is 16.8. The molecular formula is C13H25N3O. The van der Waals surface area contributed by atoms with E-state index in [4.69, 9.17) is 0 Å². The van der Waals surface area contributed by atoms with Crippen molar-refractivity contribution in [3.05, 3.63) is 0 Å². The van der Waals surface area contributed by atoms with Crippen LogP contribution in [0.15, 0.2) is 0 Å². The predicted octanol–water partition coefficient (Wildman–Crippen LogP) is 0.681. The SMILES string of the molecule is CNC(=O)[C@@H]1CCCCN1C1CCN(C)CC1. The van der Waals surface area contributed by atoms with Gasteiger partial charge in [-0.15, -0.1) is 0 Å². The van der Waals surface area contributed by atoms with E-state index < -0.39 is 0 Å². The molecule has 2 saturated heterocycles. The number of likely N-dealkylation sites (tertiary alicyclic amines) is 2. The number of rotatable bonds is 2. The Hall–Kier alpha value is -0.610. The van der Waals surface area contributed by atoms with Crippen LogP contribution in [0.4, 0.5) is 0 Å². The van der Waals surface area contributed by atoms with E-state index in [0.29, 0.717) is 6.04 Å². The van der Waals surface area contributed by atoms with E-state index in [0.717, 1.165) is 13.0 Å². The lowest BCUT2D eigenvalue weighted by atomic mass is 9.95. The standard InChI is InChI=1S/C13H25N3O/c1-14-13(17)12-5-3-4-8-16(12)11-6-9-15(2)10-7-11/h11-12H,3-10H2,1-2H3,(H,14,17)/t12-/m0/s1. The van der Waals surface area contributed by atoms with Gasteiger partial charge in [0, 0.05) is 13.1 Å². The van der Waals surface area contributed by atoms with Crippen molar-refractivity contribution in [2.24, 2.45) is 0 Å². The number of likely N-dealkylation sites (N-methyl/N-ethyl adjacent to an activating group) is 1. The van der Waals surface area contributed by atoms with Gasteiger partial charge in [-0.1, -0.05) is 6.42 Å². The van der Waals surface area contributed by atoms with Gasteiger partial charge in [-0.3, -0.25) is 9.69 Å². The topological polar surface area (TPSA) is 35.6 Å². The highest BCUT2D eigenvalue weighted by Gasteiger charge is 2.33. The van der Waals surface area contributed by atoms with Crippen molar-refractivity contribution in [1.29, 1.82) is 0 Å². The molecule has 0 aromatic carbocycles. The molecule has 2 aliphatic rings. The highest BCUT2D eigenvalue weighted by atomic mass is 16.2. The molecule has 2 rings (SSSR count). The summed E-state index contributed by atoms with van der Waals surface area (Å²) in [5.74, 6) is 0.212. The van der Waals surface area contributed by atoms with Crippen molar-refractivity contribution in [3.8, 4) is 0 Å². The van der Waals surface area contributed by atoms with E-state index in [-0.39, 0.29) is 11.9 Å². The molecule has 0 bridgehead atoms. The second-order valence-electron chi connectivity index (χ2n) is 5.40. The van der Waals surface area contributed by atoms with Gasteiger partial charge < -0.3 is 10.2 Å². The summed E-state index contributed by atoms with van der Waals surface area (Å²) < 4.78 is 0. The Morgan fingerprint density at radius 3 is 2.47 bits per heavy atom. The first kappa shape index (κ1) is 12.8. The second kappa shape index (κ2) is 5.83. The number of hydrogen-bond acceptors (Lipinski definition) is 3. The number of carbonyl (C=O) groups is 1. The highest BCUT2D eigenvalue weighted by Crippen LogP contribution is 2.25. The van der Waals surface area contributed by atoms with Gasteiger partial charge in [0.15, 0.2) is 0 Å². The summed E-state index contributed by atoms with van der Waals surface area (Å²) in [5, 5.41) is 2.82. The van der Waals surface area contributed by atoms with Crippen LogP contribution in [-0.4, -0.2) is 61.5 Å². The highest BCUT2D eigenvalue weighted by molar-refractivity contribution is 5.81. The molecule has 1 amide bonds. The quantitative estimate of drug-likeness (QED) is 0.770. The molecule has 98 valence electrons. The maximum absolute atomic E-state index is 11.9. The lowest BCUT2D eigenvalue weighted by Gasteiger charge is -2.43. The molecule has 0 aliphatic carbocycles. The summed E-state index contributed by atoms with van der Waals surface area (Å²) in [6, 6.07) is 0.746. The molecule has 0 aromatic heterocycles. The molecule has 0 unspecified atom stereocenters. The summed E-state index contributed by atoms with van der Waals surface area (Å²) >= 11 is 0. The van der Waals surface area contributed by atoms with Crippen LogP contribution in [0.5, 0.6) is 0 Å². The molecule has 0 spiro atoms. The number of amides is 1. The minimum Gasteiger partial charge on any atom is -0.358 e. The van der Waals surface area contributed by atoms with E-state index in [9.17, 15) is 4.79 Å². The zero-order valence-corrected chi connectivity index (χ0v) is 11.1. The van der Waals surface area contributed by atoms with Gasteiger partial charge >= 0.3 is 0 Å². The molecule has 2 aliphatic heterocycles. The molecule has 0 aromatic rings. The normalized spacial score (nSPS) is 29.2. The number of hydrogen-bond donors (Lipinski definition) is 1. The predicted molar refractivity (Wildman–Crippen MR) is 68.9 cm³/mol. The zero-order valence-electron chi connectivity index (χ0n) is 11.1. The van der Waals surface area contributed by atoms with Crippen LogP contribution in [0.25, 0.3) is 0 Å². The van der Waals surface area contributed by atoms with Gasteiger partial charge in [0.1, 0.15) is 0 Å². The Balaban J connectivity index is 1.98. The van der Waals surface area contributed by atoms with Crippen molar-refractivity contribution < 1.29 is 4.79 Å². The third-order valence-corrected chi connectivity index (χ3v) is 4.25. The monoisotopic (exact) mass is 239 g/mol. The first-order valence-electron chi connectivity index (χ1n) is 6.88. The van der Waals surface area contributed by atoms with Crippen LogP contribution in [0, 0.1) is 0 Å². The van der Waals surface area contributed by atoms with Crippen LogP contribution < -0.4 is 5.32 Å². The lowest BCUT2D eigenvalue weighted by molar-refractivity contribution is -0.128. The second-order valence-corrected chi connectivity index (χ2v) is 5.40. The number of nitrogens with one attached hydrogen (secondary N) is 1. The summed E-state index contributed by atoms with van der Waals surface area (Å²) in [6.07, 6.45) is 5.90. The van der Waals surface area contributed by atoms with E-state index in [2.05, 4.69) is 22.2 Å². The molecule has 1 N–H and O–H groups in total. The lowest BCUT2D eigenvalue weighted by Crippen LogP contribution is -2.55. The molecule has 2 heterocycles. The van der Waals surface area contributed by atoms with Crippen molar-refractivity contribution in [1.82, 2.24) is 15.1 Å². The molecule has 1 atom stereocenters. The van der Waals surface area contributed by atoms with Crippen molar-refractivity contribution in [2.45, 2.75) is 44.2 Å². The Labute approximate surface area is 104 Å². The van der Waals surface area contributed by atoms with E-state index in [1.54, 1.807) is 7.05 Å². The van der Waals surface area contributed by atoms with Gasteiger partial charge in [0.05, 0.1) is 6.04 Å². The fourth-order valence-corrected chi connectivity index (χ4v) is 3.17. The third-order valence-electron chi connectivity index (χ3n) is 4.25. The molecular weight excluding hydrogens is 214 g/mol. The average molecular weight is 239 g/mol. The molecule has 2 fully saturated rings. The third kappa shape index (κ3) is 2.99. The summed E-state index contributed by atoms with van der Waals surface area (Å²) in [6.45, 7) is 3.44. The maximum Gasteiger partial charge on any atom is 0.237 e. The van der Waals surface area contributed by atoms with Crippen LogP contribution in [-0.2, 0) is 4.79 Å². The minimum absolute atomic E-state index is 0.127. The fraction of sp³-hybridized carbons (Fsp3) is 0.923. The number of piperidine rings is 2. The van der Waals surface area contributed by atoms with Crippen molar-refractivity contribution >= 4 is 5.91 Å². The molecule has 17 heavy (non-hydrogen) atoms. The molecule has 0 radical (unpaired) electrons. The first-order chi connectivity index (χ1) is 8.22. The fourth-order valence-electron chi connectivity index (χ4n) is 3.17. The van der Waals surface area contributed by atoms with Crippen LogP contribution in [0.2, 0.25) is 0 Å². The largest absolute Gasteiger partial charge is 0.358 e. The van der Waals surface area contributed by atoms with Gasteiger partial charge in [-0.05, 0) is 52.4 Å². The Bertz CT molecular complexity index is 261. The average Bonchev–Trinajstić information content (AvgIpc) is 2.39. The first-order valence-corrected chi connectivity index (χ1v) is 6.88. The smallest absolute Gasteiger partial charge is 0.237 e. The number of carbonyl (C=O) groups excluding carboxylic acids is 1. The summed E-state index contributed by atoms with van der Waals surface area (Å²) in [7, 11) is 3.94. The Morgan fingerprint density at radius 1 is 1.12 bits per heavy atom. The van der Waals surface area contributed by atoms with Gasteiger partial charge in [-0.25, -0.2) is 0 Å². The summed E-state index contributed by atoms with van der Waals surface area (Å²) in [5.41, 5.74) is 0. The van der Waals surface area contributed by atoms with Crippen molar-refractivity contribution in [3.63, 3.8) is 0 Å². The molecule has 4 nitrogen and oxygen atoms in total. The minimum atomic E-state index is 0.127. The van der Waals surface area contributed by atoms with E-state index in [1.807, 2.05) is 0 Å². The Morgan fingerprint density at radius 2 is 1.82 bits per heavy atom. The van der Waals surface area contributed by atoms with Crippen LogP contribution >= 0.6 is 0 Å². The molecule has 4 heteroatoms. The van der Waals surface area contributed by atoms with Crippen LogP contribution in [0.3, 0.4) is 0 Å². The van der Waals surface area contributed by atoms with Crippen LogP contribution in [0.1, 0.15) is 32.1 Å². The van der Waals surface area contributed by atoms with Gasteiger partial charge in [0.25, 0.3) is 0 Å². The zero-order chi connectivity index (χ0) is 12.3. The maximum atomic E-state index is 11.9. The number of nitrogens with zero attached hydrogens (tertiary/aromatic N) is 2. The molecule has 0 saturated carbocycles. The van der Waals surface area contributed by atoms with Crippen molar-refractivity contribution in [2.75, 3.05) is 33.7 Å². The van der Waals surface area contributed by atoms with Gasteiger partial charge in [0.2, 0.25) is 5.91 Å². The van der Waals surface area contributed by atoms with Gasteiger partial charge in [-0.2, -0.15) is 0 Å². The van der Waals surface area contributed by atoms with E-state index in [1.165, 1.54) is 38.8 Å². The van der Waals surface area contributed by atoms with E-state index >= 15 is 0 Å². The Kier molecular flexibility index (Phi) is 4.40.